The number of aromatic nitrogens is 1. The first-order valence-corrected chi connectivity index (χ1v) is 9.16. The van der Waals surface area contributed by atoms with Crippen LogP contribution in [0.3, 0.4) is 0 Å². The van der Waals surface area contributed by atoms with E-state index < -0.39 is 0 Å². The second-order valence-corrected chi connectivity index (χ2v) is 7.31. The lowest BCUT2D eigenvalue weighted by molar-refractivity contribution is 0.0347. The van der Waals surface area contributed by atoms with Gasteiger partial charge < -0.3 is 9.64 Å². The number of nitrogens with zero attached hydrogens (tertiary/aromatic N) is 2. The molecule has 4 nitrogen and oxygen atoms in total. The summed E-state index contributed by atoms with van der Waals surface area (Å²) in [5, 5.41) is 0. The van der Waals surface area contributed by atoms with Gasteiger partial charge in [0.25, 0.3) is 5.91 Å². The molecule has 0 spiro atoms. The Hall–Kier alpha value is -1.88. The van der Waals surface area contributed by atoms with Crippen molar-refractivity contribution in [2.24, 2.45) is 0 Å². The molecule has 0 radical (unpaired) electrons. The van der Waals surface area contributed by atoms with E-state index in [-0.39, 0.29) is 24.1 Å². The van der Waals surface area contributed by atoms with E-state index in [1.165, 1.54) is 0 Å². The number of benzene rings is 1. The average Bonchev–Trinajstić information content (AvgIpc) is 2.86. The number of ether oxygens (including phenoxy) is 1. The van der Waals surface area contributed by atoms with E-state index in [1.807, 2.05) is 42.5 Å². The average molecular weight is 387 g/mol. The number of amides is 1. The van der Waals surface area contributed by atoms with Crippen LogP contribution in [0.1, 0.15) is 36.0 Å². The minimum absolute atomic E-state index is 0.131. The van der Waals surface area contributed by atoms with Gasteiger partial charge in [-0.25, -0.2) is 4.98 Å². The van der Waals surface area contributed by atoms with Crippen LogP contribution in [-0.4, -0.2) is 34.0 Å². The van der Waals surface area contributed by atoms with Crippen molar-refractivity contribution >= 4 is 21.8 Å². The van der Waals surface area contributed by atoms with E-state index in [9.17, 15) is 4.79 Å². The maximum atomic E-state index is 13.0. The van der Waals surface area contributed by atoms with E-state index in [0.717, 1.165) is 35.7 Å². The van der Waals surface area contributed by atoms with Gasteiger partial charge in [-0.1, -0.05) is 18.2 Å². The molecule has 4 rings (SSSR count). The molecule has 1 amide bonds. The highest BCUT2D eigenvalue weighted by molar-refractivity contribution is 9.10. The van der Waals surface area contributed by atoms with E-state index >= 15 is 0 Å². The SMILES string of the molecule is O=C(c1ccccc1Br)N1C2CCC1CC(Oc1ccccn1)C2. The molecule has 2 atom stereocenters. The minimum atomic E-state index is 0.131. The molecule has 2 unspecified atom stereocenters. The van der Waals surface area contributed by atoms with E-state index in [4.69, 9.17) is 4.74 Å². The number of rotatable bonds is 3. The fourth-order valence-electron chi connectivity index (χ4n) is 3.92. The number of halogens is 1. The van der Waals surface area contributed by atoms with Crippen molar-refractivity contribution in [2.45, 2.75) is 43.9 Å². The number of hydrogen-bond acceptors (Lipinski definition) is 3. The van der Waals surface area contributed by atoms with Crippen molar-refractivity contribution in [1.82, 2.24) is 9.88 Å². The van der Waals surface area contributed by atoms with Gasteiger partial charge in [-0.2, -0.15) is 0 Å². The number of fused-ring (bicyclic) bond motifs is 2. The lowest BCUT2D eigenvalue weighted by atomic mass is 9.98. The molecule has 2 aromatic rings. The molecule has 0 aliphatic carbocycles. The van der Waals surface area contributed by atoms with Gasteiger partial charge >= 0.3 is 0 Å². The van der Waals surface area contributed by atoms with Crippen molar-refractivity contribution in [3.63, 3.8) is 0 Å². The van der Waals surface area contributed by atoms with Crippen molar-refractivity contribution in [3.05, 3.63) is 58.7 Å². The Balaban J connectivity index is 1.49. The molecule has 2 aliphatic heterocycles. The summed E-state index contributed by atoms with van der Waals surface area (Å²) in [6, 6.07) is 13.9. The summed E-state index contributed by atoms with van der Waals surface area (Å²) in [7, 11) is 0. The Morgan fingerprint density at radius 2 is 1.79 bits per heavy atom. The third-order valence-corrected chi connectivity index (χ3v) is 5.65. The molecule has 3 heterocycles. The Labute approximate surface area is 150 Å². The molecular formula is C19H19BrN2O2. The van der Waals surface area contributed by atoms with Gasteiger partial charge in [0.05, 0.1) is 5.56 Å². The van der Waals surface area contributed by atoms with Crippen LogP contribution in [0.2, 0.25) is 0 Å². The first-order valence-electron chi connectivity index (χ1n) is 8.37. The van der Waals surface area contributed by atoms with Gasteiger partial charge in [0.15, 0.2) is 0 Å². The Bertz CT molecular complexity index is 723. The van der Waals surface area contributed by atoms with E-state index in [2.05, 4.69) is 25.8 Å². The number of piperidine rings is 1. The molecule has 124 valence electrons. The maximum absolute atomic E-state index is 13.0. The lowest BCUT2D eigenvalue weighted by Crippen LogP contribution is -2.49. The highest BCUT2D eigenvalue weighted by Crippen LogP contribution is 2.38. The number of carbonyl (C=O) groups is 1. The molecule has 2 aliphatic rings. The van der Waals surface area contributed by atoms with Crippen LogP contribution in [-0.2, 0) is 0 Å². The third kappa shape index (κ3) is 2.93. The smallest absolute Gasteiger partial charge is 0.255 e. The van der Waals surface area contributed by atoms with Crippen LogP contribution < -0.4 is 4.74 Å². The molecule has 2 saturated heterocycles. The Morgan fingerprint density at radius 1 is 1.08 bits per heavy atom. The molecule has 0 N–H and O–H groups in total. The number of carbonyl (C=O) groups excluding carboxylic acids is 1. The summed E-state index contributed by atoms with van der Waals surface area (Å²) in [6.45, 7) is 0. The Morgan fingerprint density at radius 3 is 2.46 bits per heavy atom. The zero-order valence-corrected chi connectivity index (χ0v) is 14.9. The highest BCUT2D eigenvalue weighted by Gasteiger charge is 2.44. The standard InChI is InChI=1S/C19H19BrN2O2/c20-17-6-2-1-5-16(17)19(23)22-13-8-9-14(22)12-15(11-13)24-18-7-3-4-10-21-18/h1-7,10,13-15H,8-9,11-12H2. The van der Waals surface area contributed by atoms with Gasteiger partial charge in [-0.05, 0) is 47.0 Å². The first-order chi connectivity index (χ1) is 11.7. The second-order valence-electron chi connectivity index (χ2n) is 6.46. The van der Waals surface area contributed by atoms with Crippen molar-refractivity contribution in [1.29, 1.82) is 0 Å². The van der Waals surface area contributed by atoms with Crippen molar-refractivity contribution in [3.8, 4) is 5.88 Å². The molecule has 5 heteroatoms. The van der Waals surface area contributed by atoms with Crippen LogP contribution in [0.15, 0.2) is 53.1 Å². The summed E-state index contributed by atoms with van der Waals surface area (Å²) in [6.07, 6.45) is 5.76. The van der Waals surface area contributed by atoms with Crippen LogP contribution in [0.4, 0.5) is 0 Å². The fraction of sp³-hybridized carbons (Fsp3) is 0.368. The molecule has 2 fully saturated rings. The molecule has 2 bridgehead atoms. The van der Waals surface area contributed by atoms with Crippen LogP contribution in [0, 0.1) is 0 Å². The summed E-state index contributed by atoms with van der Waals surface area (Å²) >= 11 is 3.50. The third-order valence-electron chi connectivity index (χ3n) is 4.95. The van der Waals surface area contributed by atoms with Crippen LogP contribution in [0.25, 0.3) is 0 Å². The van der Waals surface area contributed by atoms with Gasteiger partial charge in [0.2, 0.25) is 5.88 Å². The zero-order chi connectivity index (χ0) is 16.5. The van der Waals surface area contributed by atoms with Crippen molar-refractivity contribution < 1.29 is 9.53 Å². The normalized spacial score (nSPS) is 25.5. The largest absolute Gasteiger partial charge is 0.474 e. The fourth-order valence-corrected chi connectivity index (χ4v) is 4.37. The van der Waals surface area contributed by atoms with Gasteiger partial charge in [0.1, 0.15) is 6.10 Å². The maximum Gasteiger partial charge on any atom is 0.255 e. The molecule has 1 aromatic carbocycles. The quantitative estimate of drug-likeness (QED) is 0.798. The first kappa shape index (κ1) is 15.6. The van der Waals surface area contributed by atoms with Crippen molar-refractivity contribution in [2.75, 3.05) is 0 Å². The van der Waals surface area contributed by atoms with Gasteiger partial charge in [-0.15, -0.1) is 0 Å². The minimum Gasteiger partial charge on any atom is -0.474 e. The summed E-state index contributed by atoms with van der Waals surface area (Å²) in [5.41, 5.74) is 0.749. The van der Waals surface area contributed by atoms with Crippen LogP contribution >= 0.6 is 15.9 Å². The lowest BCUT2D eigenvalue weighted by Gasteiger charge is -2.39. The summed E-state index contributed by atoms with van der Waals surface area (Å²) in [4.78, 5) is 19.3. The van der Waals surface area contributed by atoms with E-state index in [0.29, 0.717) is 5.88 Å². The molecular weight excluding hydrogens is 368 g/mol. The summed E-state index contributed by atoms with van der Waals surface area (Å²) in [5.74, 6) is 0.804. The second kappa shape index (κ2) is 6.55. The highest BCUT2D eigenvalue weighted by atomic mass is 79.9. The Kier molecular flexibility index (Phi) is 4.27. The predicted molar refractivity (Wildman–Crippen MR) is 95.0 cm³/mol. The zero-order valence-electron chi connectivity index (χ0n) is 13.3. The predicted octanol–water partition coefficient (Wildman–Crippen LogP) is 4.06. The van der Waals surface area contributed by atoms with Crippen LogP contribution in [0.5, 0.6) is 5.88 Å². The topological polar surface area (TPSA) is 42.4 Å². The number of pyridine rings is 1. The summed E-state index contributed by atoms with van der Waals surface area (Å²) < 4.78 is 6.90. The van der Waals surface area contributed by atoms with Gasteiger partial charge in [-0.3, -0.25) is 4.79 Å². The molecule has 1 aromatic heterocycles. The van der Waals surface area contributed by atoms with Gasteiger partial charge in [0, 0.05) is 41.7 Å². The molecule has 24 heavy (non-hydrogen) atoms. The van der Waals surface area contributed by atoms with E-state index in [1.54, 1.807) is 6.20 Å². The monoisotopic (exact) mass is 386 g/mol. The molecule has 0 saturated carbocycles. The number of hydrogen-bond donors (Lipinski definition) is 0.